The minimum absolute atomic E-state index is 0.723. The third-order valence-corrected chi connectivity index (χ3v) is 11.5. The van der Waals surface area contributed by atoms with Crippen molar-refractivity contribution in [2.45, 2.75) is 46.9 Å². The fourth-order valence-electron chi connectivity index (χ4n) is 1.19. The van der Waals surface area contributed by atoms with Crippen molar-refractivity contribution >= 4 is 19.8 Å². The molecule has 0 rings (SSSR count). The molecule has 0 atom stereocenters. The van der Waals surface area contributed by atoms with Gasteiger partial charge in [-0.3, -0.25) is 0 Å². The van der Waals surface area contributed by atoms with Crippen molar-refractivity contribution in [2.75, 3.05) is 0 Å². The molecule has 0 nitrogen and oxygen atoms in total. The number of rotatable bonds is 5. The van der Waals surface area contributed by atoms with E-state index >= 15 is 0 Å². The molecular weight excluding hydrogens is 215 g/mol. The third-order valence-electron chi connectivity index (χ3n) is 1.71. The van der Waals surface area contributed by atoms with Crippen LogP contribution in [0.5, 0.6) is 0 Å². The van der Waals surface area contributed by atoms with Crippen LogP contribution in [0.1, 0.15) is 33.6 Å². The van der Waals surface area contributed by atoms with Gasteiger partial charge in [0.25, 0.3) is 0 Å². The summed E-state index contributed by atoms with van der Waals surface area (Å²) in [5.41, 5.74) is 0. The molecule has 0 aromatic carbocycles. The van der Waals surface area contributed by atoms with Crippen LogP contribution in [-0.4, -0.2) is 19.8 Å². The Hall–Kier alpha value is 0.799. The summed E-state index contributed by atoms with van der Waals surface area (Å²) in [5.74, 6) is 0. The molecule has 0 N–H and O–H groups in total. The Labute approximate surface area is 66.8 Å². The van der Waals surface area contributed by atoms with Gasteiger partial charge in [-0.15, -0.1) is 0 Å². The first kappa shape index (κ1) is 9.80. The van der Waals surface area contributed by atoms with Gasteiger partial charge in [-0.2, -0.15) is 0 Å². The van der Waals surface area contributed by atoms with Gasteiger partial charge in [0.05, 0.1) is 0 Å². The van der Waals surface area contributed by atoms with Crippen LogP contribution in [0.4, 0.5) is 0 Å². The molecule has 0 aromatic heterocycles. The first-order valence-corrected chi connectivity index (χ1v) is 10.2. The van der Waals surface area contributed by atoms with E-state index in [1.807, 2.05) is 0 Å². The average Bonchev–Trinajstić information content (AvgIpc) is 1.88. The summed E-state index contributed by atoms with van der Waals surface area (Å²) in [5, 5.41) is 0. The van der Waals surface area contributed by atoms with Crippen LogP contribution in [0.2, 0.25) is 13.3 Å². The van der Waals surface area contributed by atoms with Crippen molar-refractivity contribution in [3.8, 4) is 0 Å². The summed E-state index contributed by atoms with van der Waals surface area (Å²) in [6.07, 6.45) is 2.89. The Bertz CT molecular complexity index is 46.5. The van der Waals surface area contributed by atoms with E-state index in [0.29, 0.717) is 0 Å². The van der Waals surface area contributed by atoms with Crippen molar-refractivity contribution in [3.63, 3.8) is 0 Å². The standard InChI is InChI=1S/2C3H7.C2H5.Sn/c2*1-3-2;1-2;/h2*1,3H2,2H3;1H2,2H3;. The molecule has 0 aliphatic heterocycles. The third kappa shape index (κ3) is 5.25. The molecule has 1 heteroatoms. The van der Waals surface area contributed by atoms with Gasteiger partial charge in [-0.05, 0) is 0 Å². The maximum absolute atomic E-state index is 2.39. The van der Waals surface area contributed by atoms with E-state index in [9.17, 15) is 0 Å². The number of hydrogen-bond donors (Lipinski definition) is 0. The van der Waals surface area contributed by atoms with Crippen LogP contribution in [0.15, 0.2) is 0 Å². The predicted molar refractivity (Wildman–Crippen MR) is 46.4 cm³/mol. The van der Waals surface area contributed by atoms with Gasteiger partial charge in [-0.25, -0.2) is 0 Å². The minimum atomic E-state index is -0.723. The van der Waals surface area contributed by atoms with Crippen molar-refractivity contribution in [1.29, 1.82) is 0 Å². The molecule has 0 unspecified atom stereocenters. The van der Waals surface area contributed by atoms with E-state index in [4.69, 9.17) is 0 Å². The summed E-state index contributed by atoms with van der Waals surface area (Å²) < 4.78 is 4.84. The van der Waals surface area contributed by atoms with Crippen LogP contribution in [0, 0.1) is 0 Å². The molecule has 0 aliphatic rings. The van der Waals surface area contributed by atoms with Crippen molar-refractivity contribution in [1.82, 2.24) is 0 Å². The molecule has 0 heterocycles. The zero-order chi connectivity index (χ0) is 7.11. The van der Waals surface area contributed by atoms with Gasteiger partial charge in [0.2, 0.25) is 0 Å². The van der Waals surface area contributed by atoms with Gasteiger partial charge < -0.3 is 0 Å². The quantitative estimate of drug-likeness (QED) is 0.640. The molecule has 0 saturated carbocycles. The van der Waals surface area contributed by atoms with Crippen LogP contribution >= 0.6 is 0 Å². The zero-order valence-electron chi connectivity index (χ0n) is 7.04. The summed E-state index contributed by atoms with van der Waals surface area (Å²) in [4.78, 5) is 0. The summed E-state index contributed by atoms with van der Waals surface area (Å²) >= 11 is -0.723. The van der Waals surface area contributed by atoms with Gasteiger partial charge >= 0.3 is 66.7 Å². The Morgan fingerprint density at radius 2 is 1.33 bits per heavy atom. The zero-order valence-corrected chi connectivity index (χ0v) is 9.89. The van der Waals surface area contributed by atoms with Gasteiger partial charge in [0, 0.05) is 0 Å². The number of hydrogen-bond acceptors (Lipinski definition) is 0. The van der Waals surface area contributed by atoms with Crippen molar-refractivity contribution in [3.05, 3.63) is 0 Å². The van der Waals surface area contributed by atoms with E-state index in [2.05, 4.69) is 20.8 Å². The average molecular weight is 234 g/mol. The first-order valence-electron chi connectivity index (χ1n) is 4.18. The van der Waals surface area contributed by atoms with E-state index in [1.165, 1.54) is 12.8 Å². The van der Waals surface area contributed by atoms with Gasteiger partial charge in [-0.1, -0.05) is 0 Å². The van der Waals surface area contributed by atoms with E-state index < -0.39 is 19.8 Å². The molecule has 0 aromatic rings. The Morgan fingerprint density at radius 3 is 1.56 bits per heavy atom. The van der Waals surface area contributed by atoms with Gasteiger partial charge in [0.15, 0.2) is 0 Å². The van der Waals surface area contributed by atoms with E-state index in [0.717, 1.165) is 0 Å². The Morgan fingerprint density at radius 1 is 0.889 bits per heavy atom. The van der Waals surface area contributed by atoms with Crippen LogP contribution in [-0.2, 0) is 0 Å². The monoisotopic (exact) mass is 235 g/mol. The fourth-order valence-corrected chi connectivity index (χ4v) is 7.95. The summed E-state index contributed by atoms with van der Waals surface area (Å²) in [6.45, 7) is 7.04. The van der Waals surface area contributed by atoms with Crippen LogP contribution in [0.3, 0.4) is 0 Å². The molecular formula is C8H19Sn. The van der Waals surface area contributed by atoms with Crippen LogP contribution < -0.4 is 0 Å². The molecule has 0 saturated heterocycles. The van der Waals surface area contributed by atoms with Gasteiger partial charge in [0.1, 0.15) is 0 Å². The SMILES string of the molecule is CC[CH2][Sn]([CH2]C)[CH2]CC. The Kier molecular flexibility index (Phi) is 7.53. The second-order valence-corrected chi connectivity index (χ2v) is 11.8. The fraction of sp³-hybridized carbons (Fsp3) is 1.00. The summed E-state index contributed by atoms with van der Waals surface area (Å²) in [6, 6.07) is 0. The van der Waals surface area contributed by atoms with E-state index in [-0.39, 0.29) is 0 Å². The normalized spacial score (nSPS) is 10.7. The molecule has 0 aliphatic carbocycles. The molecule has 0 bridgehead atoms. The Balaban J connectivity index is 3.18. The van der Waals surface area contributed by atoms with Crippen molar-refractivity contribution < 1.29 is 0 Å². The molecule has 9 heavy (non-hydrogen) atoms. The predicted octanol–water partition coefficient (Wildman–Crippen LogP) is 3.32. The first-order chi connectivity index (χ1) is 4.35. The van der Waals surface area contributed by atoms with Crippen molar-refractivity contribution in [2.24, 2.45) is 0 Å². The molecule has 0 amide bonds. The topological polar surface area (TPSA) is 0 Å². The van der Waals surface area contributed by atoms with Crippen LogP contribution in [0.25, 0.3) is 0 Å². The molecule has 0 fully saturated rings. The second-order valence-electron chi connectivity index (χ2n) is 2.60. The summed E-state index contributed by atoms with van der Waals surface area (Å²) in [7, 11) is 0. The maximum atomic E-state index is 2.39. The molecule has 55 valence electrons. The second kappa shape index (κ2) is 6.91. The molecule has 0 spiro atoms. The molecule has 1 radical (unpaired) electrons. The van der Waals surface area contributed by atoms with E-state index in [1.54, 1.807) is 13.3 Å².